The third-order valence-corrected chi connectivity index (χ3v) is 13.7. The number of halogens is 2. The Kier molecular flexibility index (Phi) is 10.8. The molecule has 0 unspecified atom stereocenters. The highest BCUT2D eigenvalue weighted by Gasteiger charge is 2.33. The van der Waals surface area contributed by atoms with Gasteiger partial charge in [0.1, 0.15) is 22.9 Å². The Bertz CT molecular complexity index is 3150. The molecule has 0 fully saturated rings. The van der Waals surface area contributed by atoms with Crippen molar-refractivity contribution in [1.29, 1.82) is 5.26 Å². The predicted octanol–water partition coefficient (Wildman–Crippen LogP) is 8.77. The smallest absolute Gasteiger partial charge is 0.306 e. The van der Waals surface area contributed by atoms with Gasteiger partial charge in [-0.25, -0.2) is 17.2 Å². The molecule has 8 rings (SSSR count). The quantitative estimate of drug-likeness (QED) is 0.0990. The van der Waals surface area contributed by atoms with Gasteiger partial charge in [0.2, 0.25) is 0 Å². The SMILES string of the molecule is CCc1ccc(NS(=O)(=O)c2ccc([C@@H](C)NC(=O)c3ccc(-c4ccc(C5=N[C@@H](CC(=O)O)c6nnc(C)n6-c6sc(C)c(C)c65)cc4)c(F)c3F)cc2)c2[nH]cc(C#N)c12. The maximum atomic E-state index is 15.8. The van der Waals surface area contributed by atoms with Crippen molar-refractivity contribution in [3.8, 4) is 22.2 Å². The van der Waals surface area contributed by atoms with Gasteiger partial charge < -0.3 is 15.4 Å². The number of aromatic amines is 1. The lowest BCUT2D eigenvalue weighted by molar-refractivity contribution is -0.137. The molecule has 4 heterocycles. The third-order valence-electron chi connectivity index (χ3n) is 11.1. The van der Waals surface area contributed by atoms with E-state index in [-0.39, 0.29) is 22.6 Å². The summed E-state index contributed by atoms with van der Waals surface area (Å²) in [5.74, 6) is -3.48. The number of amides is 1. The minimum absolute atomic E-state index is 0.0531. The van der Waals surface area contributed by atoms with Crippen LogP contribution in [0.3, 0.4) is 0 Å². The molecule has 0 saturated heterocycles. The number of aromatic nitrogens is 4. The monoisotopic (exact) mass is 872 g/mol. The van der Waals surface area contributed by atoms with Gasteiger partial charge in [-0.1, -0.05) is 55.5 Å². The number of hydrogen-bond donors (Lipinski definition) is 4. The van der Waals surface area contributed by atoms with E-state index < -0.39 is 51.2 Å². The number of nitrogens with zero attached hydrogens (tertiary/aromatic N) is 5. The van der Waals surface area contributed by atoms with E-state index in [9.17, 15) is 28.4 Å². The molecule has 7 aromatic rings. The Balaban J connectivity index is 0.994. The molecule has 13 nitrogen and oxygen atoms in total. The Morgan fingerprint density at radius 3 is 2.37 bits per heavy atom. The minimum Gasteiger partial charge on any atom is -0.481 e. The molecule has 3 aromatic heterocycles. The number of hydrogen-bond acceptors (Lipinski definition) is 9. The molecule has 1 aliphatic heterocycles. The van der Waals surface area contributed by atoms with Crippen LogP contribution in [-0.2, 0) is 21.2 Å². The van der Waals surface area contributed by atoms with Gasteiger partial charge in [0.15, 0.2) is 17.5 Å². The summed E-state index contributed by atoms with van der Waals surface area (Å²) in [6, 6.07) is 18.9. The van der Waals surface area contributed by atoms with E-state index in [1.54, 1.807) is 50.2 Å². The van der Waals surface area contributed by atoms with Crippen molar-refractivity contribution >= 4 is 55.5 Å². The molecule has 0 saturated carbocycles. The fraction of sp³-hybridized carbons (Fsp3) is 0.200. The molecule has 314 valence electrons. The van der Waals surface area contributed by atoms with E-state index in [1.165, 1.54) is 53.9 Å². The second-order valence-corrected chi connectivity index (χ2v) is 17.8. The van der Waals surface area contributed by atoms with Crippen LogP contribution in [0.25, 0.3) is 27.0 Å². The second-order valence-electron chi connectivity index (χ2n) is 14.9. The summed E-state index contributed by atoms with van der Waals surface area (Å²) in [4.78, 5) is 34.1. The second kappa shape index (κ2) is 16.1. The predicted molar refractivity (Wildman–Crippen MR) is 231 cm³/mol. The lowest BCUT2D eigenvalue weighted by atomic mass is 9.96. The van der Waals surface area contributed by atoms with Gasteiger partial charge in [-0.15, -0.1) is 21.5 Å². The topological polar surface area (TPSA) is 195 Å². The molecule has 4 N–H and O–H groups in total. The summed E-state index contributed by atoms with van der Waals surface area (Å²) >= 11 is 1.52. The molecule has 4 aromatic carbocycles. The van der Waals surface area contributed by atoms with Crippen LogP contribution in [0.5, 0.6) is 0 Å². The zero-order chi connectivity index (χ0) is 44.2. The fourth-order valence-electron chi connectivity index (χ4n) is 7.73. The number of anilines is 1. The van der Waals surface area contributed by atoms with Gasteiger partial charge in [-0.3, -0.25) is 23.9 Å². The number of carbonyl (C=O) groups excluding carboxylic acids is 1. The number of rotatable bonds is 11. The lowest BCUT2D eigenvalue weighted by Crippen LogP contribution is -2.27. The van der Waals surface area contributed by atoms with E-state index in [0.717, 1.165) is 26.6 Å². The van der Waals surface area contributed by atoms with E-state index in [2.05, 4.69) is 31.3 Å². The van der Waals surface area contributed by atoms with Gasteiger partial charge in [0.25, 0.3) is 15.9 Å². The molecule has 0 aliphatic carbocycles. The number of carboxylic acid groups (broad SMARTS) is 1. The maximum Gasteiger partial charge on any atom is 0.306 e. The molecule has 1 amide bonds. The highest BCUT2D eigenvalue weighted by atomic mass is 32.2. The number of fused-ring (bicyclic) bond motifs is 4. The van der Waals surface area contributed by atoms with E-state index in [0.29, 0.717) is 56.9 Å². The van der Waals surface area contributed by atoms with Crippen LogP contribution in [0.2, 0.25) is 0 Å². The van der Waals surface area contributed by atoms with Crippen LogP contribution in [-0.4, -0.2) is 50.9 Å². The summed E-state index contributed by atoms with van der Waals surface area (Å²) in [6.07, 6.45) is 1.87. The number of aliphatic carboxylic acids is 1. The molecule has 0 spiro atoms. The van der Waals surface area contributed by atoms with Crippen LogP contribution in [0, 0.1) is 43.7 Å². The average Bonchev–Trinajstić information content (AvgIpc) is 3.92. The third kappa shape index (κ3) is 7.30. The van der Waals surface area contributed by atoms with Crippen molar-refractivity contribution in [3.63, 3.8) is 0 Å². The van der Waals surface area contributed by atoms with Crippen LogP contribution < -0.4 is 10.0 Å². The Labute approximate surface area is 358 Å². The summed E-state index contributed by atoms with van der Waals surface area (Å²) in [5.41, 5.74) is 5.26. The van der Waals surface area contributed by atoms with Crippen molar-refractivity contribution in [1.82, 2.24) is 25.1 Å². The van der Waals surface area contributed by atoms with Crippen molar-refractivity contribution in [2.24, 2.45) is 4.99 Å². The van der Waals surface area contributed by atoms with Crippen molar-refractivity contribution in [2.75, 3.05) is 4.72 Å². The summed E-state index contributed by atoms with van der Waals surface area (Å²) in [7, 11) is -4.07. The first kappa shape index (κ1) is 41.7. The number of nitriles is 1. The van der Waals surface area contributed by atoms with Crippen LogP contribution in [0.4, 0.5) is 14.5 Å². The first-order chi connectivity index (χ1) is 29.6. The number of thiophene rings is 1. The molecule has 2 atom stereocenters. The first-order valence-electron chi connectivity index (χ1n) is 19.5. The fourth-order valence-corrected chi connectivity index (χ4v) is 10.0. The van der Waals surface area contributed by atoms with Crippen molar-refractivity contribution < 1.29 is 31.9 Å². The molecular weight excluding hydrogens is 835 g/mol. The maximum absolute atomic E-state index is 15.8. The number of carboxylic acids is 1. The number of aliphatic imine (C=N–C) groups is 1. The van der Waals surface area contributed by atoms with Gasteiger partial charge in [-0.2, -0.15) is 5.26 Å². The molecule has 62 heavy (non-hydrogen) atoms. The summed E-state index contributed by atoms with van der Waals surface area (Å²) < 4.78 is 62.7. The van der Waals surface area contributed by atoms with Crippen LogP contribution in [0.1, 0.15) is 92.6 Å². The summed E-state index contributed by atoms with van der Waals surface area (Å²) in [6.45, 7) is 9.32. The van der Waals surface area contributed by atoms with Crippen molar-refractivity contribution in [3.05, 3.63) is 146 Å². The minimum atomic E-state index is -4.07. The first-order valence-corrected chi connectivity index (χ1v) is 21.8. The van der Waals surface area contributed by atoms with E-state index in [4.69, 9.17) is 4.99 Å². The van der Waals surface area contributed by atoms with Crippen LogP contribution >= 0.6 is 11.3 Å². The number of benzene rings is 4. The average molecular weight is 873 g/mol. The highest BCUT2D eigenvalue weighted by Crippen LogP contribution is 2.40. The van der Waals surface area contributed by atoms with Gasteiger partial charge in [0.05, 0.1) is 45.4 Å². The zero-order valence-electron chi connectivity index (χ0n) is 34.0. The number of H-pyrrole nitrogens is 1. The van der Waals surface area contributed by atoms with Gasteiger partial charge >= 0.3 is 5.97 Å². The normalized spacial score (nSPS) is 14.0. The summed E-state index contributed by atoms with van der Waals surface area (Å²) in [5, 5.41) is 31.9. The standard InChI is InChI=1S/C45H38F2N8O5S2/c1-6-26-13-18-34(42-38(26)30(20-48)21-49-42)54-62(59,60)31-14-11-27(12-15-31)23(3)50-44(58)33-17-16-32(39(46)40(33)47)28-7-9-29(10-8-28)41-37-22(2)24(4)61-45(37)55-25(5)52-53-43(55)35(51-41)19-36(56)57/h7-18,21,23,35,49,54H,6,19H2,1-5H3,(H,50,58)(H,56,57)/t23-,35+/m1/s1. The number of nitrogens with one attached hydrogen (secondary N) is 3. The van der Waals surface area contributed by atoms with Crippen molar-refractivity contribution in [2.45, 2.75) is 64.4 Å². The number of aryl methyl sites for hydroxylation is 3. The van der Waals surface area contributed by atoms with Gasteiger partial charge in [-0.05, 0) is 80.6 Å². The Hall–Kier alpha value is -7.03. The largest absolute Gasteiger partial charge is 0.481 e. The number of carbonyl (C=O) groups is 2. The van der Waals surface area contributed by atoms with E-state index in [1.807, 2.05) is 25.3 Å². The molecule has 1 aliphatic rings. The molecule has 0 bridgehead atoms. The molecule has 0 radical (unpaired) electrons. The molecular formula is C45H38F2N8O5S2. The van der Waals surface area contributed by atoms with Gasteiger partial charge in [0, 0.05) is 33.2 Å². The number of sulfonamides is 1. The Morgan fingerprint density at radius 2 is 1.69 bits per heavy atom. The highest BCUT2D eigenvalue weighted by molar-refractivity contribution is 7.92. The Morgan fingerprint density at radius 1 is 0.984 bits per heavy atom. The van der Waals surface area contributed by atoms with Crippen LogP contribution in [0.15, 0.2) is 88.9 Å². The lowest BCUT2D eigenvalue weighted by Gasteiger charge is -2.16. The molecule has 17 heteroatoms. The van der Waals surface area contributed by atoms with E-state index >= 15 is 8.78 Å². The zero-order valence-corrected chi connectivity index (χ0v) is 35.6.